The van der Waals surface area contributed by atoms with Gasteiger partial charge in [0.05, 0.1) is 5.69 Å². The lowest BCUT2D eigenvalue weighted by Crippen LogP contribution is -2.37. The molecule has 0 fully saturated rings. The van der Waals surface area contributed by atoms with Crippen molar-refractivity contribution < 1.29 is 0 Å². The Bertz CT molecular complexity index is 825. The smallest absolute Gasteiger partial charge is 0.191 e. The Morgan fingerprint density at radius 2 is 1.77 bits per heavy atom. The van der Waals surface area contributed by atoms with E-state index in [1.54, 1.807) is 18.1 Å². The number of nitrogens with one attached hydrogen (secondary N) is 2. The highest BCUT2D eigenvalue weighted by molar-refractivity contribution is 6.30. The maximum absolute atomic E-state index is 5.90. The fourth-order valence-electron chi connectivity index (χ4n) is 2.49. The topological polar surface area (TPSA) is 67.1 Å². The summed E-state index contributed by atoms with van der Waals surface area (Å²) < 4.78 is 1.73. The Morgan fingerprint density at radius 1 is 1.04 bits per heavy atom. The van der Waals surface area contributed by atoms with E-state index < -0.39 is 0 Å². The number of hydrogen-bond acceptors (Lipinski definition) is 3. The highest BCUT2D eigenvalue weighted by atomic mass is 35.5. The number of aromatic nitrogens is 3. The molecule has 1 aromatic heterocycles. The molecule has 3 rings (SSSR count). The lowest BCUT2D eigenvalue weighted by molar-refractivity contribution is 0.794. The minimum Gasteiger partial charge on any atom is -0.356 e. The summed E-state index contributed by atoms with van der Waals surface area (Å²) in [6.45, 7) is 1.49. The number of guanidine groups is 1. The molecule has 0 spiro atoms. The van der Waals surface area contributed by atoms with Crippen molar-refractivity contribution in [2.45, 2.75) is 13.0 Å². The van der Waals surface area contributed by atoms with Crippen LogP contribution in [0.25, 0.3) is 5.69 Å². The van der Waals surface area contributed by atoms with E-state index in [1.807, 2.05) is 36.4 Å². The minimum absolute atomic E-state index is 0.693. The molecule has 2 aromatic carbocycles. The molecule has 0 saturated carbocycles. The Kier molecular flexibility index (Phi) is 6.22. The van der Waals surface area contributed by atoms with Gasteiger partial charge in [-0.2, -0.15) is 5.10 Å². The third-order valence-corrected chi connectivity index (χ3v) is 4.17. The summed E-state index contributed by atoms with van der Waals surface area (Å²) in [7, 11) is 1.77. The molecular weight excluding hydrogens is 348 g/mol. The van der Waals surface area contributed by atoms with Crippen molar-refractivity contribution >= 4 is 17.6 Å². The maximum Gasteiger partial charge on any atom is 0.191 e. The average molecular weight is 369 g/mol. The van der Waals surface area contributed by atoms with Gasteiger partial charge >= 0.3 is 0 Å². The fourth-order valence-corrected chi connectivity index (χ4v) is 2.62. The molecule has 0 aliphatic rings. The third-order valence-electron chi connectivity index (χ3n) is 3.92. The molecule has 0 saturated heterocycles. The molecule has 26 heavy (non-hydrogen) atoms. The van der Waals surface area contributed by atoms with Crippen LogP contribution in [0.4, 0.5) is 0 Å². The number of nitrogens with zero attached hydrogens (tertiary/aromatic N) is 4. The lowest BCUT2D eigenvalue weighted by Gasteiger charge is -2.12. The van der Waals surface area contributed by atoms with Gasteiger partial charge in [-0.1, -0.05) is 35.9 Å². The van der Waals surface area contributed by atoms with Crippen LogP contribution < -0.4 is 10.6 Å². The first-order valence-electron chi connectivity index (χ1n) is 8.37. The zero-order chi connectivity index (χ0) is 18.2. The first-order valence-corrected chi connectivity index (χ1v) is 8.75. The highest BCUT2D eigenvalue weighted by Gasteiger charge is 2.01. The molecule has 2 N–H and O–H groups in total. The lowest BCUT2D eigenvalue weighted by atomic mass is 10.1. The molecule has 6 nitrogen and oxygen atoms in total. The van der Waals surface area contributed by atoms with E-state index in [9.17, 15) is 0 Å². The van der Waals surface area contributed by atoms with E-state index in [4.69, 9.17) is 11.6 Å². The number of aliphatic imine (C=N–C) groups is 1. The summed E-state index contributed by atoms with van der Waals surface area (Å²) in [5.74, 6) is 0.777. The van der Waals surface area contributed by atoms with Crippen molar-refractivity contribution in [3.05, 3.63) is 77.3 Å². The van der Waals surface area contributed by atoms with Crippen LogP contribution in [0.1, 0.15) is 11.1 Å². The van der Waals surface area contributed by atoms with Crippen molar-refractivity contribution in [1.82, 2.24) is 25.4 Å². The summed E-state index contributed by atoms with van der Waals surface area (Å²) in [4.78, 5) is 8.21. The van der Waals surface area contributed by atoms with Crippen LogP contribution >= 0.6 is 11.6 Å². The van der Waals surface area contributed by atoms with Crippen molar-refractivity contribution in [3.8, 4) is 5.69 Å². The van der Waals surface area contributed by atoms with Gasteiger partial charge in [-0.25, -0.2) is 9.67 Å². The van der Waals surface area contributed by atoms with Crippen LogP contribution in [0, 0.1) is 0 Å². The third kappa shape index (κ3) is 5.07. The van der Waals surface area contributed by atoms with Gasteiger partial charge in [-0.05, 0) is 41.8 Å². The summed E-state index contributed by atoms with van der Waals surface area (Å²) in [5, 5.41) is 11.5. The zero-order valence-corrected chi connectivity index (χ0v) is 15.3. The Balaban J connectivity index is 1.45. The van der Waals surface area contributed by atoms with E-state index in [2.05, 4.69) is 37.8 Å². The molecule has 0 atom stereocenters. The molecule has 7 heteroatoms. The molecular formula is C19H21ClN6. The van der Waals surface area contributed by atoms with Gasteiger partial charge in [0, 0.05) is 25.2 Å². The van der Waals surface area contributed by atoms with Gasteiger partial charge in [0.1, 0.15) is 12.7 Å². The second-order valence-corrected chi connectivity index (χ2v) is 6.17. The molecule has 0 unspecified atom stereocenters. The Morgan fingerprint density at radius 3 is 2.42 bits per heavy atom. The Hall–Kier alpha value is -2.86. The van der Waals surface area contributed by atoms with Crippen LogP contribution in [-0.4, -0.2) is 34.3 Å². The first-order chi connectivity index (χ1) is 12.7. The molecule has 134 valence electrons. The largest absolute Gasteiger partial charge is 0.356 e. The van der Waals surface area contributed by atoms with Crippen LogP contribution in [0.2, 0.25) is 5.02 Å². The predicted octanol–water partition coefficient (Wildman–Crippen LogP) is 2.83. The van der Waals surface area contributed by atoms with E-state index >= 15 is 0 Å². The molecule has 1 heterocycles. The van der Waals surface area contributed by atoms with Crippen LogP contribution in [-0.2, 0) is 13.0 Å². The van der Waals surface area contributed by atoms with Gasteiger partial charge in [0.25, 0.3) is 0 Å². The predicted molar refractivity (Wildman–Crippen MR) is 105 cm³/mol. The summed E-state index contributed by atoms with van der Waals surface area (Å²) >= 11 is 5.90. The molecule has 0 aliphatic carbocycles. The number of halogens is 1. The van der Waals surface area contributed by atoms with Crippen LogP contribution in [0.3, 0.4) is 0 Å². The van der Waals surface area contributed by atoms with Crippen LogP contribution in [0.5, 0.6) is 0 Å². The van der Waals surface area contributed by atoms with Gasteiger partial charge < -0.3 is 10.6 Å². The quantitative estimate of drug-likeness (QED) is 0.518. The van der Waals surface area contributed by atoms with E-state index in [0.717, 1.165) is 35.2 Å². The van der Waals surface area contributed by atoms with Gasteiger partial charge in [0.2, 0.25) is 0 Å². The fraction of sp³-hybridized carbons (Fsp3) is 0.211. The van der Waals surface area contributed by atoms with Crippen molar-refractivity contribution in [2.75, 3.05) is 13.6 Å². The molecule has 0 radical (unpaired) electrons. The summed E-state index contributed by atoms with van der Waals surface area (Å²) in [6.07, 6.45) is 4.11. The summed E-state index contributed by atoms with van der Waals surface area (Å²) in [6, 6.07) is 16.1. The SMILES string of the molecule is CN=C(NCCc1ccc(Cl)cc1)NCc1ccc(-n2cncn2)cc1. The van der Waals surface area contributed by atoms with Crippen LogP contribution in [0.15, 0.2) is 66.2 Å². The summed E-state index contributed by atoms with van der Waals surface area (Å²) in [5.41, 5.74) is 3.38. The Labute approximate surface area is 157 Å². The monoisotopic (exact) mass is 368 g/mol. The highest BCUT2D eigenvalue weighted by Crippen LogP contribution is 2.10. The van der Waals surface area contributed by atoms with Gasteiger partial charge in [0.15, 0.2) is 5.96 Å². The zero-order valence-electron chi connectivity index (χ0n) is 14.6. The van der Waals surface area contributed by atoms with E-state index in [0.29, 0.717) is 6.54 Å². The number of benzene rings is 2. The number of rotatable bonds is 6. The molecule has 0 aliphatic heterocycles. The second-order valence-electron chi connectivity index (χ2n) is 5.74. The molecule has 3 aromatic rings. The van der Waals surface area contributed by atoms with Gasteiger partial charge in [-0.15, -0.1) is 0 Å². The minimum atomic E-state index is 0.693. The normalized spacial score (nSPS) is 11.4. The molecule has 0 amide bonds. The number of hydrogen-bond donors (Lipinski definition) is 2. The standard InChI is InChI=1S/C19H21ClN6/c1-21-19(23-11-10-15-2-6-17(20)7-3-15)24-12-16-4-8-18(9-5-16)26-14-22-13-25-26/h2-9,13-14H,10-12H2,1H3,(H2,21,23,24). The van der Waals surface area contributed by atoms with Crippen molar-refractivity contribution in [1.29, 1.82) is 0 Å². The first kappa shape index (κ1) is 17.9. The van der Waals surface area contributed by atoms with E-state index in [-0.39, 0.29) is 0 Å². The van der Waals surface area contributed by atoms with Gasteiger partial charge in [-0.3, -0.25) is 4.99 Å². The maximum atomic E-state index is 5.90. The average Bonchev–Trinajstić information content (AvgIpc) is 3.21. The van der Waals surface area contributed by atoms with Crippen molar-refractivity contribution in [2.24, 2.45) is 4.99 Å². The van der Waals surface area contributed by atoms with E-state index in [1.165, 1.54) is 11.9 Å². The van der Waals surface area contributed by atoms with Crippen molar-refractivity contribution in [3.63, 3.8) is 0 Å². The molecule has 0 bridgehead atoms. The second kappa shape index (κ2) is 9.01.